The molecule has 0 unspecified atom stereocenters. The smallest absolute Gasteiger partial charge is 0.213 e. The Morgan fingerprint density at radius 1 is 0.968 bits per heavy atom. The van der Waals surface area contributed by atoms with Gasteiger partial charge >= 0.3 is 0 Å². The number of nitrogens with zero attached hydrogens (tertiary/aromatic N) is 2. The molecule has 0 spiro atoms. The second kappa shape index (κ2) is 8.20. The minimum atomic E-state index is -0.336. The van der Waals surface area contributed by atoms with Crippen LogP contribution < -0.4 is 14.2 Å². The van der Waals surface area contributed by atoms with E-state index in [0.29, 0.717) is 0 Å². The average Bonchev–Trinajstić information content (AvgIpc) is 3.24. The molecule has 2 heterocycles. The second-order valence-corrected chi connectivity index (χ2v) is 9.19. The summed E-state index contributed by atoms with van der Waals surface area (Å²) in [5.41, 5.74) is 4.25. The highest BCUT2D eigenvalue weighted by molar-refractivity contribution is 9.10. The van der Waals surface area contributed by atoms with E-state index < -0.39 is 0 Å². The summed E-state index contributed by atoms with van der Waals surface area (Å²) in [4.78, 5) is 0. The summed E-state index contributed by atoms with van der Waals surface area (Å²) in [6, 6.07) is 20.3. The molecule has 2 atom stereocenters. The zero-order valence-corrected chi connectivity index (χ0v) is 20.2. The largest absolute Gasteiger partial charge is 0.497 e. The lowest BCUT2D eigenvalue weighted by Crippen LogP contribution is -2.33. The van der Waals surface area contributed by atoms with Gasteiger partial charge < -0.3 is 14.2 Å². The topological polar surface area (TPSA) is 43.3 Å². The maximum absolute atomic E-state index is 6.45. The molecule has 2 aliphatic heterocycles. The highest BCUT2D eigenvalue weighted by atomic mass is 79.9. The number of hydrogen-bond acceptors (Lipinski definition) is 5. The first kappa shape index (κ1) is 20.4. The number of hydrazone groups is 1. The molecule has 31 heavy (non-hydrogen) atoms. The summed E-state index contributed by atoms with van der Waals surface area (Å²) in [5, 5.41) is 7.09. The molecular weight excluding hydrogens is 524 g/mol. The summed E-state index contributed by atoms with van der Waals surface area (Å²) < 4.78 is 19.1. The number of hydrogen-bond donors (Lipinski definition) is 0. The minimum Gasteiger partial charge on any atom is -0.497 e. The molecule has 5 nitrogen and oxygen atoms in total. The SMILES string of the molecule is COc1ccc(C2=NN3[C@@H](C2)c2cc(Br)ccc2O[C@H]3c2ccc(OC)c(Br)c2)cc1. The number of benzene rings is 3. The van der Waals surface area contributed by atoms with Crippen molar-refractivity contribution in [2.75, 3.05) is 14.2 Å². The van der Waals surface area contributed by atoms with Crippen LogP contribution in [0.4, 0.5) is 0 Å². The van der Waals surface area contributed by atoms with Crippen molar-refractivity contribution < 1.29 is 14.2 Å². The molecule has 0 bridgehead atoms. The van der Waals surface area contributed by atoms with Crippen LogP contribution in [0.1, 0.15) is 35.4 Å². The van der Waals surface area contributed by atoms with E-state index in [4.69, 9.17) is 19.3 Å². The fourth-order valence-electron chi connectivity index (χ4n) is 4.07. The fraction of sp³-hybridized carbons (Fsp3) is 0.208. The van der Waals surface area contributed by atoms with Crippen LogP contribution in [0.3, 0.4) is 0 Å². The predicted molar refractivity (Wildman–Crippen MR) is 127 cm³/mol. The first-order chi connectivity index (χ1) is 15.1. The van der Waals surface area contributed by atoms with E-state index in [1.165, 1.54) is 0 Å². The zero-order valence-electron chi connectivity index (χ0n) is 17.0. The highest BCUT2D eigenvalue weighted by Gasteiger charge is 2.41. The number of ether oxygens (including phenoxy) is 3. The lowest BCUT2D eigenvalue weighted by Gasteiger charge is -2.38. The molecule has 0 fully saturated rings. The molecule has 2 aliphatic rings. The van der Waals surface area contributed by atoms with Crippen LogP contribution in [0, 0.1) is 0 Å². The summed E-state index contributed by atoms with van der Waals surface area (Å²) in [6.07, 6.45) is 0.462. The minimum absolute atomic E-state index is 0.0872. The summed E-state index contributed by atoms with van der Waals surface area (Å²) in [7, 11) is 3.33. The van der Waals surface area contributed by atoms with Crippen LogP contribution in [0.15, 0.2) is 74.7 Å². The lowest BCUT2D eigenvalue weighted by atomic mass is 9.96. The zero-order chi connectivity index (χ0) is 21.5. The predicted octanol–water partition coefficient (Wildman–Crippen LogP) is 6.47. The Hall–Kier alpha value is -2.51. The first-order valence-corrected chi connectivity index (χ1v) is 11.5. The van der Waals surface area contributed by atoms with Gasteiger partial charge in [0.05, 0.1) is 30.4 Å². The number of methoxy groups -OCH3 is 2. The Balaban J connectivity index is 1.57. The van der Waals surface area contributed by atoms with Gasteiger partial charge in [-0.2, -0.15) is 5.10 Å². The van der Waals surface area contributed by atoms with Crippen molar-refractivity contribution in [1.29, 1.82) is 0 Å². The van der Waals surface area contributed by atoms with Crippen LogP contribution in [0.25, 0.3) is 0 Å². The molecule has 3 aromatic carbocycles. The van der Waals surface area contributed by atoms with E-state index in [2.05, 4.69) is 55.1 Å². The molecule has 0 saturated carbocycles. The monoisotopic (exact) mass is 542 g/mol. The van der Waals surface area contributed by atoms with Crippen molar-refractivity contribution in [1.82, 2.24) is 5.01 Å². The summed E-state index contributed by atoms with van der Waals surface area (Å²) in [6.45, 7) is 0. The van der Waals surface area contributed by atoms with Gasteiger partial charge in [-0.1, -0.05) is 15.9 Å². The van der Waals surface area contributed by atoms with Gasteiger partial charge in [-0.25, -0.2) is 5.01 Å². The van der Waals surface area contributed by atoms with Crippen LogP contribution >= 0.6 is 31.9 Å². The van der Waals surface area contributed by atoms with E-state index >= 15 is 0 Å². The standard InChI is InChI=1S/C24H20Br2N2O3/c1-29-17-7-3-14(4-8-17)20-13-21-18-12-16(25)6-10-22(18)31-24(28(21)27-20)15-5-9-23(30-2)19(26)11-15/h3-12,21,24H,13H2,1-2H3/t21-,24-/m0/s1. The Morgan fingerprint density at radius 2 is 1.77 bits per heavy atom. The van der Waals surface area contributed by atoms with Crippen LogP contribution in [0.5, 0.6) is 17.2 Å². The van der Waals surface area contributed by atoms with E-state index in [1.807, 2.05) is 42.5 Å². The quantitative estimate of drug-likeness (QED) is 0.378. The average molecular weight is 544 g/mol. The summed E-state index contributed by atoms with van der Waals surface area (Å²) in [5.74, 6) is 2.50. The van der Waals surface area contributed by atoms with Gasteiger partial charge in [-0.3, -0.25) is 0 Å². The molecular formula is C24H20Br2N2O3. The normalized spacial score (nSPS) is 19.2. The first-order valence-electron chi connectivity index (χ1n) is 9.87. The molecule has 0 N–H and O–H groups in total. The Bertz CT molecular complexity index is 1160. The lowest BCUT2D eigenvalue weighted by molar-refractivity contribution is -0.0191. The molecule has 7 heteroatoms. The van der Waals surface area contributed by atoms with E-state index in [1.54, 1.807) is 14.2 Å². The number of rotatable bonds is 4. The molecule has 158 valence electrons. The van der Waals surface area contributed by atoms with E-state index in [-0.39, 0.29) is 12.3 Å². The van der Waals surface area contributed by atoms with Crippen molar-refractivity contribution in [3.05, 3.63) is 86.3 Å². The van der Waals surface area contributed by atoms with Crippen molar-refractivity contribution in [2.45, 2.75) is 18.7 Å². The number of halogens is 2. The fourth-order valence-corrected chi connectivity index (χ4v) is 5.01. The molecule has 0 saturated heterocycles. The third kappa shape index (κ3) is 3.70. The van der Waals surface area contributed by atoms with Crippen molar-refractivity contribution in [3.8, 4) is 17.2 Å². The van der Waals surface area contributed by atoms with Gasteiger partial charge in [0.15, 0.2) is 0 Å². The van der Waals surface area contributed by atoms with Gasteiger partial charge in [-0.15, -0.1) is 0 Å². The van der Waals surface area contributed by atoms with Gasteiger partial charge in [0.1, 0.15) is 17.2 Å². The van der Waals surface area contributed by atoms with Crippen molar-refractivity contribution in [2.24, 2.45) is 5.10 Å². The Morgan fingerprint density at radius 3 is 2.48 bits per heavy atom. The van der Waals surface area contributed by atoms with Crippen LogP contribution in [-0.2, 0) is 0 Å². The third-order valence-electron chi connectivity index (χ3n) is 5.64. The maximum atomic E-state index is 6.45. The Kier molecular flexibility index (Phi) is 5.40. The van der Waals surface area contributed by atoms with E-state index in [0.717, 1.165) is 55.0 Å². The molecule has 0 amide bonds. The van der Waals surface area contributed by atoms with Gasteiger partial charge in [0.25, 0.3) is 0 Å². The van der Waals surface area contributed by atoms with Crippen molar-refractivity contribution >= 4 is 37.6 Å². The van der Waals surface area contributed by atoms with Gasteiger partial charge in [0.2, 0.25) is 6.23 Å². The summed E-state index contributed by atoms with van der Waals surface area (Å²) >= 11 is 7.20. The molecule has 0 aromatic heterocycles. The Labute approximate surface area is 197 Å². The number of fused-ring (bicyclic) bond motifs is 3. The van der Waals surface area contributed by atoms with E-state index in [9.17, 15) is 0 Å². The maximum Gasteiger partial charge on any atom is 0.213 e. The van der Waals surface area contributed by atoms with Crippen LogP contribution in [-0.4, -0.2) is 24.9 Å². The molecule has 0 radical (unpaired) electrons. The van der Waals surface area contributed by atoms with Crippen LogP contribution in [0.2, 0.25) is 0 Å². The van der Waals surface area contributed by atoms with Gasteiger partial charge in [-0.05, 0) is 82.2 Å². The third-order valence-corrected chi connectivity index (χ3v) is 6.75. The van der Waals surface area contributed by atoms with Gasteiger partial charge in [0, 0.05) is 22.0 Å². The second-order valence-electron chi connectivity index (χ2n) is 7.42. The van der Waals surface area contributed by atoms with Crippen molar-refractivity contribution in [3.63, 3.8) is 0 Å². The molecule has 0 aliphatic carbocycles. The molecule has 5 rings (SSSR count). The highest BCUT2D eigenvalue weighted by Crippen LogP contribution is 2.48. The molecule has 3 aromatic rings.